The van der Waals surface area contributed by atoms with Crippen LogP contribution in [0.1, 0.15) is 22.8 Å². The summed E-state index contributed by atoms with van der Waals surface area (Å²) in [5, 5.41) is 2.50. The van der Waals surface area contributed by atoms with Crippen molar-refractivity contribution >= 4 is 18.0 Å². The van der Waals surface area contributed by atoms with Crippen LogP contribution in [0.2, 0.25) is 0 Å². The number of ether oxygens (including phenoxy) is 3. The highest BCUT2D eigenvalue weighted by Gasteiger charge is 2.29. The molecule has 1 unspecified atom stereocenters. The second-order valence-electron chi connectivity index (χ2n) is 7.20. The third-order valence-electron chi connectivity index (χ3n) is 4.83. The maximum atomic E-state index is 12.8. The van der Waals surface area contributed by atoms with Crippen molar-refractivity contribution in [1.82, 2.24) is 5.32 Å². The maximum Gasteiger partial charge on any atom is 0.409 e. The number of methoxy groups -OCH3 is 1. The molecule has 0 heterocycles. The monoisotopic (exact) mass is 447 g/mol. The van der Waals surface area contributed by atoms with E-state index in [2.05, 4.69) is 5.32 Å². The van der Waals surface area contributed by atoms with Crippen molar-refractivity contribution in [3.8, 4) is 0 Å². The molecule has 0 bridgehead atoms. The lowest BCUT2D eigenvalue weighted by atomic mass is 10.1. The molecule has 0 aliphatic carbocycles. The Kier molecular flexibility index (Phi) is 8.59. The lowest BCUT2D eigenvalue weighted by Crippen LogP contribution is -2.44. The topological polar surface area (TPSA) is 90.9 Å². The Hall–Kier alpha value is -4.13. The van der Waals surface area contributed by atoms with Crippen LogP contribution in [0.3, 0.4) is 0 Å². The average molecular weight is 447 g/mol. The number of carbonyl (C=O) groups is 3. The molecule has 1 N–H and O–H groups in total. The minimum absolute atomic E-state index is 0.0345. The Bertz CT molecular complexity index is 1040. The van der Waals surface area contributed by atoms with Crippen LogP contribution in [0.15, 0.2) is 91.0 Å². The van der Waals surface area contributed by atoms with E-state index >= 15 is 0 Å². The van der Waals surface area contributed by atoms with E-state index in [0.29, 0.717) is 5.56 Å². The first kappa shape index (κ1) is 23.5. The molecule has 0 aliphatic heterocycles. The largest absolute Gasteiger partial charge is 0.467 e. The number of hydrogen-bond donors (Lipinski definition) is 1. The molecular weight excluding hydrogens is 422 g/mol. The van der Waals surface area contributed by atoms with Gasteiger partial charge in [0.25, 0.3) is 0 Å². The van der Waals surface area contributed by atoms with Gasteiger partial charge in [-0.15, -0.1) is 0 Å². The van der Waals surface area contributed by atoms with Crippen LogP contribution in [0, 0.1) is 0 Å². The van der Waals surface area contributed by atoms with Gasteiger partial charge in [0.1, 0.15) is 12.6 Å². The number of esters is 2. The fraction of sp³-hybridized carbons (Fsp3) is 0.192. The summed E-state index contributed by atoms with van der Waals surface area (Å²) in [5.74, 6) is -1.35. The zero-order chi connectivity index (χ0) is 23.5. The van der Waals surface area contributed by atoms with Gasteiger partial charge in [-0.25, -0.2) is 14.4 Å². The molecule has 1 amide bonds. The minimum atomic E-state index is -1.30. The predicted molar refractivity (Wildman–Crippen MR) is 121 cm³/mol. The van der Waals surface area contributed by atoms with Gasteiger partial charge in [-0.2, -0.15) is 0 Å². The molecule has 33 heavy (non-hydrogen) atoms. The Balaban J connectivity index is 1.70. The van der Waals surface area contributed by atoms with Crippen molar-refractivity contribution in [2.24, 2.45) is 0 Å². The van der Waals surface area contributed by atoms with Gasteiger partial charge in [-0.05, 0) is 11.1 Å². The first-order valence-electron chi connectivity index (χ1n) is 10.4. The summed E-state index contributed by atoms with van der Waals surface area (Å²) in [5.41, 5.74) is 2.08. The molecule has 170 valence electrons. The first-order chi connectivity index (χ1) is 16.1. The quantitative estimate of drug-likeness (QED) is 0.394. The second-order valence-corrected chi connectivity index (χ2v) is 7.20. The van der Waals surface area contributed by atoms with Crippen LogP contribution >= 0.6 is 0 Å². The molecule has 0 aromatic heterocycles. The van der Waals surface area contributed by atoms with Crippen molar-refractivity contribution in [2.45, 2.75) is 25.2 Å². The number of nitrogens with one attached hydrogen (secondary N) is 1. The minimum Gasteiger partial charge on any atom is -0.467 e. The summed E-state index contributed by atoms with van der Waals surface area (Å²) < 4.78 is 15.6. The fourth-order valence-corrected chi connectivity index (χ4v) is 3.15. The van der Waals surface area contributed by atoms with E-state index < -0.39 is 30.2 Å². The number of hydrogen-bond acceptors (Lipinski definition) is 6. The third-order valence-corrected chi connectivity index (χ3v) is 4.83. The highest BCUT2D eigenvalue weighted by atomic mass is 16.6. The lowest BCUT2D eigenvalue weighted by Gasteiger charge is -2.20. The first-order valence-corrected chi connectivity index (χ1v) is 10.4. The van der Waals surface area contributed by atoms with Gasteiger partial charge in [0.15, 0.2) is 0 Å². The van der Waals surface area contributed by atoms with Crippen molar-refractivity contribution < 1.29 is 28.6 Å². The number of rotatable bonds is 9. The number of benzene rings is 3. The number of alkyl carbamates (subject to hydrolysis) is 1. The van der Waals surface area contributed by atoms with Gasteiger partial charge in [0, 0.05) is 12.0 Å². The fourth-order valence-electron chi connectivity index (χ4n) is 3.15. The number of amides is 1. The number of carbonyl (C=O) groups excluding carboxylic acids is 3. The van der Waals surface area contributed by atoms with Gasteiger partial charge in [-0.1, -0.05) is 91.0 Å². The van der Waals surface area contributed by atoms with Crippen molar-refractivity contribution in [3.05, 3.63) is 108 Å². The molecule has 7 heteroatoms. The summed E-state index contributed by atoms with van der Waals surface area (Å²) in [7, 11) is 1.24. The summed E-state index contributed by atoms with van der Waals surface area (Å²) >= 11 is 0. The van der Waals surface area contributed by atoms with E-state index in [1.807, 2.05) is 60.7 Å². The Morgan fingerprint density at radius 1 is 0.758 bits per heavy atom. The highest BCUT2D eigenvalue weighted by molar-refractivity contribution is 5.84. The molecule has 3 rings (SSSR count). The molecule has 0 fully saturated rings. The summed E-state index contributed by atoms with van der Waals surface area (Å²) in [6, 6.07) is 25.9. The zero-order valence-electron chi connectivity index (χ0n) is 18.2. The van der Waals surface area contributed by atoms with Crippen LogP contribution in [0.4, 0.5) is 4.79 Å². The standard InChI is InChI=1S/C26H25NO6/c1-31-24(28)22(17-19-11-5-2-6-12-19)27-26(30)33-23(21-15-9-4-10-16-21)25(29)32-18-20-13-7-3-8-14-20/h2-16,22-23H,17-18H2,1H3,(H,27,30)/t22-,23?/m0/s1. The second kappa shape index (κ2) is 12.0. The molecule has 0 spiro atoms. The van der Waals surface area contributed by atoms with Crippen LogP contribution in [-0.4, -0.2) is 31.2 Å². The zero-order valence-corrected chi connectivity index (χ0v) is 18.2. The third kappa shape index (κ3) is 7.21. The molecule has 0 saturated carbocycles. The van der Waals surface area contributed by atoms with Crippen LogP contribution in [0.25, 0.3) is 0 Å². The SMILES string of the molecule is COC(=O)[C@H](Cc1ccccc1)NC(=O)OC(C(=O)OCc1ccccc1)c1ccccc1. The summed E-state index contributed by atoms with van der Waals surface area (Å²) in [4.78, 5) is 37.7. The van der Waals surface area contributed by atoms with Crippen LogP contribution in [-0.2, 0) is 36.8 Å². The Labute approximate surface area is 192 Å². The van der Waals surface area contributed by atoms with Crippen molar-refractivity contribution in [3.63, 3.8) is 0 Å². The summed E-state index contributed by atoms with van der Waals surface area (Å²) in [6.07, 6.45) is -2.03. The van der Waals surface area contributed by atoms with Crippen LogP contribution in [0.5, 0.6) is 0 Å². The lowest BCUT2D eigenvalue weighted by molar-refractivity contribution is -0.155. The molecular formula is C26H25NO6. The van der Waals surface area contributed by atoms with Gasteiger partial charge < -0.3 is 19.5 Å². The molecule has 2 atom stereocenters. The van der Waals surface area contributed by atoms with E-state index in [1.165, 1.54) is 7.11 Å². The maximum absolute atomic E-state index is 12.8. The van der Waals surface area contributed by atoms with Crippen molar-refractivity contribution in [1.29, 1.82) is 0 Å². The molecule has 0 aliphatic rings. The van der Waals surface area contributed by atoms with Gasteiger partial charge in [0.05, 0.1) is 7.11 Å². The normalized spacial score (nSPS) is 12.2. The van der Waals surface area contributed by atoms with Crippen molar-refractivity contribution in [2.75, 3.05) is 7.11 Å². The smallest absolute Gasteiger partial charge is 0.409 e. The van der Waals surface area contributed by atoms with E-state index in [-0.39, 0.29) is 13.0 Å². The Morgan fingerprint density at radius 2 is 1.30 bits per heavy atom. The molecule has 3 aromatic carbocycles. The van der Waals surface area contributed by atoms with E-state index in [4.69, 9.17) is 14.2 Å². The van der Waals surface area contributed by atoms with Gasteiger partial charge in [-0.3, -0.25) is 0 Å². The highest BCUT2D eigenvalue weighted by Crippen LogP contribution is 2.20. The van der Waals surface area contributed by atoms with E-state index in [0.717, 1.165) is 11.1 Å². The van der Waals surface area contributed by atoms with Crippen LogP contribution < -0.4 is 5.32 Å². The predicted octanol–water partition coefficient (Wildman–Crippen LogP) is 3.98. The molecule has 0 radical (unpaired) electrons. The summed E-state index contributed by atoms with van der Waals surface area (Å²) in [6.45, 7) is 0.0345. The van der Waals surface area contributed by atoms with E-state index in [1.54, 1.807) is 30.3 Å². The Morgan fingerprint density at radius 3 is 1.88 bits per heavy atom. The van der Waals surface area contributed by atoms with Gasteiger partial charge >= 0.3 is 18.0 Å². The molecule has 3 aromatic rings. The van der Waals surface area contributed by atoms with E-state index in [9.17, 15) is 14.4 Å². The molecule has 0 saturated heterocycles. The molecule has 7 nitrogen and oxygen atoms in total. The van der Waals surface area contributed by atoms with Gasteiger partial charge in [0.2, 0.25) is 6.10 Å². The average Bonchev–Trinajstić information content (AvgIpc) is 2.86.